The van der Waals surface area contributed by atoms with Gasteiger partial charge in [-0.3, -0.25) is 0 Å². The summed E-state index contributed by atoms with van der Waals surface area (Å²) < 4.78 is 44.8. The molecule has 12 unspecified atom stereocenters. The van der Waals surface area contributed by atoms with Crippen molar-refractivity contribution >= 4 is 0 Å². The number of allylic oxidation sites excluding steroid dienone is 2. The molecule has 0 aromatic carbocycles. The van der Waals surface area contributed by atoms with E-state index in [1.165, 1.54) is 11.1 Å². The van der Waals surface area contributed by atoms with Crippen molar-refractivity contribution in [3.63, 3.8) is 0 Å². The maximum absolute atomic E-state index is 7.06. The fourth-order valence-corrected chi connectivity index (χ4v) is 8.40. The predicted molar refractivity (Wildman–Crippen MR) is 148 cm³/mol. The first-order valence-electron chi connectivity index (χ1n) is 15.1. The molecule has 7 nitrogen and oxygen atoms in total. The molecule has 39 heavy (non-hydrogen) atoms. The maximum Gasteiger partial charge on any atom is 0.101 e. The van der Waals surface area contributed by atoms with E-state index in [1.54, 1.807) is 0 Å². The monoisotopic (exact) mass is 546 g/mol. The number of methoxy groups -OCH3 is 2. The van der Waals surface area contributed by atoms with Crippen molar-refractivity contribution in [3.05, 3.63) is 23.3 Å². The van der Waals surface area contributed by atoms with Crippen molar-refractivity contribution in [3.8, 4) is 0 Å². The summed E-state index contributed by atoms with van der Waals surface area (Å²) in [5.74, 6) is 0.279. The molecule has 0 aromatic heterocycles. The highest BCUT2D eigenvalue weighted by atomic mass is 16.6. The highest BCUT2D eigenvalue weighted by molar-refractivity contribution is 5.23. The zero-order valence-corrected chi connectivity index (χ0v) is 25.3. The van der Waals surface area contributed by atoms with Crippen molar-refractivity contribution in [2.45, 2.75) is 139 Å². The number of ether oxygens (including phenoxy) is 7. The maximum atomic E-state index is 7.06. The Morgan fingerprint density at radius 3 is 1.41 bits per heavy atom. The first kappa shape index (κ1) is 28.3. The van der Waals surface area contributed by atoms with Crippen LogP contribution >= 0.6 is 0 Å². The van der Waals surface area contributed by atoms with Gasteiger partial charge in [0.05, 0.1) is 72.9 Å². The third-order valence-electron chi connectivity index (χ3n) is 10.8. The van der Waals surface area contributed by atoms with Gasteiger partial charge in [-0.05, 0) is 80.1 Å². The second-order valence-corrected chi connectivity index (χ2v) is 14.0. The van der Waals surface area contributed by atoms with Gasteiger partial charge in [-0.1, -0.05) is 23.3 Å². The van der Waals surface area contributed by atoms with E-state index < -0.39 is 0 Å². The van der Waals surface area contributed by atoms with Crippen LogP contribution < -0.4 is 0 Å². The van der Waals surface area contributed by atoms with Crippen LogP contribution in [0.3, 0.4) is 0 Å². The zero-order chi connectivity index (χ0) is 27.8. The largest absolute Gasteiger partial charge is 0.378 e. The van der Waals surface area contributed by atoms with E-state index >= 15 is 0 Å². The second-order valence-electron chi connectivity index (χ2n) is 14.0. The molecule has 2 saturated carbocycles. The molecule has 6 fully saturated rings. The predicted octanol–water partition coefficient (Wildman–Crippen LogP) is 5.16. The first-order valence-corrected chi connectivity index (χ1v) is 15.1. The molecule has 7 heteroatoms. The number of hydrogen-bond donors (Lipinski definition) is 0. The molecule has 4 saturated heterocycles. The van der Waals surface area contributed by atoms with Crippen LogP contribution in [0, 0.1) is 11.8 Å². The van der Waals surface area contributed by atoms with Gasteiger partial charge in [0.2, 0.25) is 0 Å². The van der Waals surface area contributed by atoms with Crippen molar-refractivity contribution in [1.82, 2.24) is 0 Å². The van der Waals surface area contributed by atoms with Gasteiger partial charge >= 0.3 is 0 Å². The molecule has 0 aromatic rings. The lowest BCUT2D eigenvalue weighted by atomic mass is 9.67. The summed E-state index contributed by atoms with van der Waals surface area (Å²) in [5.41, 5.74) is 1.82. The Bertz CT molecular complexity index is 912. The molecule has 4 aliphatic heterocycles. The van der Waals surface area contributed by atoms with Gasteiger partial charge < -0.3 is 33.2 Å². The van der Waals surface area contributed by atoms with Gasteiger partial charge in [0.15, 0.2) is 0 Å². The van der Waals surface area contributed by atoms with Crippen LogP contribution in [-0.4, -0.2) is 86.5 Å². The summed E-state index contributed by atoms with van der Waals surface area (Å²) in [6.07, 6.45) is 10.3. The molecule has 12 atom stereocenters. The lowest BCUT2D eigenvalue weighted by molar-refractivity contribution is -0.202. The lowest BCUT2D eigenvalue weighted by Crippen LogP contribution is -2.59. The summed E-state index contributed by atoms with van der Waals surface area (Å²) in [6, 6.07) is 0. The minimum absolute atomic E-state index is 0.0353. The van der Waals surface area contributed by atoms with Gasteiger partial charge in [0, 0.05) is 14.2 Å². The number of hydrogen-bond acceptors (Lipinski definition) is 7. The Labute approximate surface area is 234 Å². The Kier molecular flexibility index (Phi) is 7.18. The van der Waals surface area contributed by atoms with E-state index in [1.807, 2.05) is 14.2 Å². The second kappa shape index (κ2) is 9.89. The molecule has 2 spiro atoms. The van der Waals surface area contributed by atoms with E-state index in [0.717, 1.165) is 51.7 Å². The van der Waals surface area contributed by atoms with Gasteiger partial charge in [-0.2, -0.15) is 0 Å². The number of epoxide rings is 4. The van der Waals surface area contributed by atoms with E-state index in [4.69, 9.17) is 33.2 Å². The van der Waals surface area contributed by atoms with Gasteiger partial charge in [-0.25, -0.2) is 0 Å². The fraction of sp³-hybridized carbons (Fsp3) is 0.875. The van der Waals surface area contributed by atoms with Crippen LogP contribution in [0.1, 0.15) is 80.1 Å². The molecular weight excluding hydrogens is 496 g/mol. The molecule has 6 rings (SSSR count). The molecular formula is C32H50O7. The average molecular weight is 547 g/mol. The summed E-state index contributed by atoms with van der Waals surface area (Å²) >= 11 is 0. The third kappa shape index (κ3) is 4.88. The third-order valence-corrected chi connectivity index (χ3v) is 10.8. The van der Waals surface area contributed by atoms with Gasteiger partial charge in [0.25, 0.3) is 0 Å². The molecule has 0 bridgehead atoms. The summed E-state index contributed by atoms with van der Waals surface area (Å²) in [6.45, 7) is 14.6. The fourth-order valence-electron chi connectivity index (χ4n) is 8.40. The average Bonchev–Trinajstić information content (AvgIpc) is 3.74. The molecule has 0 N–H and O–H groups in total. The van der Waals surface area contributed by atoms with E-state index in [2.05, 4.69) is 53.7 Å². The topological polar surface area (TPSA) is 77.8 Å². The van der Waals surface area contributed by atoms with E-state index in [9.17, 15) is 0 Å². The lowest BCUT2D eigenvalue weighted by Gasteiger charge is -2.48. The number of rotatable bonds is 10. The summed E-state index contributed by atoms with van der Waals surface area (Å²) in [4.78, 5) is 0. The van der Waals surface area contributed by atoms with Crippen LogP contribution in [-0.2, 0) is 33.2 Å². The van der Waals surface area contributed by atoms with Gasteiger partial charge in [0.1, 0.15) is 11.2 Å². The Hall–Kier alpha value is -0.800. The van der Waals surface area contributed by atoms with Crippen LogP contribution in [0.25, 0.3) is 0 Å². The quantitative estimate of drug-likeness (QED) is 0.277. The Balaban J connectivity index is 1.20. The minimum Gasteiger partial charge on any atom is -0.378 e. The molecule has 6 aliphatic rings. The minimum atomic E-state index is -0.264. The first-order chi connectivity index (χ1) is 18.5. The molecule has 2 aliphatic carbocycles. The molecule has 0 amide bonds. The standard InChI is InChI=1S/C32H50O7/c1-19(2)9-11-23-29(5,38-23)27-25(33-7)21(13-15-31(27)17-35-31)37-22-14-16-32(18-36-32)28(26(22)34-8)30(6)24(39-30)12-10-20(3)4/h9-10,21-28H,11-18H2,1-8H3. The Morgan fingerprint density at radius 1 is 0.718 bits per heavy atom. The molecule has 220 valence electrons. The Morgan fingerprint density at radius 2 is 1.10 bits per heavy atom. The van der Waals surface area contributed by atoms with Crippen molar-refractivity contribution in [1.29, 1.82) is 0 Å². The summed E-state index contributed by atoms with van der Waals surface area (Å²) in [7, 11) is 3.65. The highest BCUT2D eigenvalue weighted by Gasteiger charge is 2.74. The molecule has 0 radical (unpaired) electrons. The summed E-state index contributed by atoms with van der Waals surface area (Å²) in [5, 5.41) is 0. The van der Waals surface area contributed by atoms with Crippen molar-refractivity contribution < 1.29 is 33.2 Å². The van der Waals surface area contributed by atoms with E-state index in [-0.39, 0.29) is 70.9 Å². The molecule has 4 heterocycles. The van der Waals surface area contributed by atoms with Crippen LogP contribution in [0.4, 0.5) is 0 Å². The smallest absolute Gasteiger partial charge is 0.101 e. The van der Waals surface area contributed by atoms with Crippen molar-refractivity contribution in [2.75, 3.05) is 27.4 Å². The van der Waals surface area contributed by atoms with E-state index in [0.29, 0.717) is 0 Å². The van der Waals surface area contributed by atoms with Crippen molar-refractivity contribution in [2.24, 2.45) is 11.8 Å². The normalized spacial score (nSPS) is 51.5. The van der Waals surface area contributed by atoms with Gasteiger partial charge in [-0.15, -0.1) is 0 Å². The zero-order valence-electron chi connectivity index (χ0n) is 25.3. The SMILES string of the molecule is COC1C(OC2CCC3(CO3)C(C3(C)OC3CC=C(C)C)C2OC)CCC2(CO2)C1C1(C)OC1CC=C(C)C. The van der Waals surface area contributed by atoms with Crippen LogP contribution in [0.5, 0.6) is 0 Å². The van der Waals surface area contributed by atoms with Crippen LogP contribution in [0.15, 0.2) is 23.3 Å². The highest BCUT2D eigenvalue weighted by Crippen LogP contribution is 2.62. The van der Waals surface area contributed by atoms with Crippen LogP contribution in [0.2, 0.25) is 0 Å².